The van der Waals surface area contributed by atoms with E-state index in [9.17, 15) is 0 Å². The summed E-state index contributed by atoms with van der Waals surface area (Å²) in [6, 6.07) is 1.86. The molecule has 1 unspecified atom stereocenters. The van der Waals surface area contributed by atoms with Gasteiger partial charge in [0.2, 0.25) is 5.95 Å². The molecule has 1 aliphatic rings. The zero-order valence-corrected chi connectivity index (χ0v) is 18.6. The number of hydrogen-bond donors (Lipinski definition) is 2. The molecule has 1 saturated heterocycles. The van der Waals surface area contributed by atoms with Gasteiger partial charge in [0.1, 0.15) is 0 Å². The van der Waals surface area contributed by atoms with Gasteiger partial charge >= 0.3 is 0 Å². The molecule has 2 rings (SSSR count). The molecular weight excluding hydrogens is 366 g/mol. The van der Waals surface area contributed by atoms with Crippen LogP contribution in [0.5, 0.6) is 0 Å². The minimum atomic E-state index is 0.275. The van der Waals surface area contributed by atoms with Crippen LogP contribution < -0.4 is 15.5 Å². The van der Waals surface area contributed by atoms with Gasteiger partial charge in [-0.15, -0.1) is 0 Å². The molecule has 0 bridgehead atoms. The van der Waals surface area contributed by atoms with Gasteiger partial charge in [0.15, 0.2) is 5.96 Å². The Morgan fingerprint density at radius 3 is 2.48 bits per heavy atom. The summed E-state index contributed by atoms with van der Waals surface area (Å²) in [6.07, 6.45) is 4.83. The van der Waals surface area contributed by atoms with Crippen LogP contribution in [0, 0.1) is 5.92 Å². The Labute approximate surface area is 176 Å². The van der Waals surface area contributed by atoms with Crippen LogP contribution in [0.1, 0.15) is 34.1 Å². The summed E-state index contributed by atoms with van der Waals surface area (Å²) in [6.45, 7) is 16.8. The van der Waals surface area contributed by atoms with Crippen molar-refractivity contribution < 1.29 is 4.74 Å². The fourth-order valence-corrected chi connectivity index (χ4v) is 3.43. The maximum atomic E-state index is 5.82. The molecule has 1 aromatic heterocycles. The number of guanidine groups is 1. The van der Waals surface area contributed by atoms with Crippen LogP contribution in [0.15, 0.2) is 23.5 Å². The van der Waals surface area contributed by atoms with Crippen molar-refractivity contribution in [3.05, 3.63) is 18.5 Å². The Morgan fingerprint density at radius 1 is 1.14 bits per heavy atom. The second kappa shape index (κ2) is 13.3. The molecule has 0 aliphatic carbocycles. The van der Waals surface area contributed by atoms with E-state index in [-0.39, 0.29) is 6.10 Å². The molecule has 8 nitrogen and oxygen atoms in total. The maximum Gasteiger partial charge on any atom is 0.225 e. The van der Waals surface area contributed by atoms with Crippen LogP contribution in [-0.4, -0.2) is 85.9 Å². The van der Waals surface area contributed by atoms with Crippen LogP contribution in [0.3, 0.4) is 0 Å². The van der Waals surface area contributed by atoms with E-state index in [1.807, 2.05) is 6.07 Å². The van der Waals surface area contributed by atoms with Gasteiger partial charge in [-0.25, -0.2) is 9.97 Å². The van der Waals surface area contributed by atoms with Crippen LogP contribution in [0.2, 0.25) is 0 Å². The van der Waals surface area contributed by atoms with E-state index in [0.29, 0.717) is 5.92 Å². The number of anilines is 1. The first-order chi connectivity index (χ1) is 14.1. The molecule has 0 aromatic carbocycles. The average molecular weight is 406 g/mol. The van der Waals surface area contributed by atoms with Gasteiger partial charge in [-0.05, 0) is 32.3 Å². The zero-order chi connectivity index (χ0) is 20.9. The Balaban J connectivity index is 1.69. The molecule has 29 heavy (non-hydrogen) atoms. The molecule has 1 aromatic rings. The van der Waals surface area contributed by atoms with Gasteiger partial charge in [0, 0.05) is 71.4 Å². The molecule has 2 N–H and O–H groups in total. The van der Waals surface area contributed by atoms with Crippen LogP contribution in [-0.2, 0) is 4.74 Å². The molecule has 0 amide bonds. The van der Waals surface area contributed by atoms with Crippen molar-refractivity contribution >= 4 is 11.9 Å². The number of aliphatic imine (C=N–C) groups is 1. The van der Waals surface area contributed by atoms with Crippen molar-refractivity contribution in [2.24, 2.45) is 10.9 Å². The van der Waals surface area contributed by atoms with Gasteiger partial charge in [0.25, 0.3) is 0 Å². The molecule has 1 atom stereocenters. The lowest BCUT2D eigenvalue weighted by Gasteiger charge is -2.34. The first-order valence-electron chi connectivity index (χ1n) is 11.0. The van der Waals surface area contributed by atoms with Crippen LogP contribution in [0.4, 0.5) is 5.95 Å². The SMILES string of the molecule is CCNC(=NCCC(OCC)C(C)C)NCCN1CCN(c2ncccn2)CC1. The summed E-state index contributed by atoms with van der Waals surface area (Å²) in [5.74, 6) is 2.24. The maximum absolute atomic E-state index is 5.82. The highest BCUT2D eigenvalue weighted by atomic mass is 16.5. The minimum Gasteiger partial charge on any atom is -0.378 e. The van der Waals surface area contributed by atoms with E-state index < -0.39 is 0 Å². The second-order valence-electron chi connectivity index (χ2n) is 7.59. The fourth-order valence-electron chi connectivity index (χ4n) is 3.43. The van der Waals surface area contributed by atoms with Crippen molar-refractivity contribution in [1.82, 2.24) is 25.5 Å². The average Bonchev–Trinajstić information content (AvgIpc) is 2.74. The highest BCUT2D eigenvalue weighted by Gasteiger charge is 2.18. The molecule has 8 heteroatoms. The van der Waals surface area contributed by atoms with Crippen molar-refractivity contribution in [1.29, 1.82) is 0 Å². The van der Waals surface area contributed by atoms with Gasteiger partial charge < -0.3 is 20.3 Å². The monoisotopic (exact) mass is 405 g/mol. The van der Waals surface area contributed by atoms with Gasteiger partial charge in [-0.3, -0.25) is 9.89 Å². The summed E-state index contributed by atoms with van der Waals surface area (Å²) < 4.78 is 5.82. The Morgan fingerprint density at radius 2 is 1.86 bits per heavy atom. The Bertz CT molecular complexity index is 574. The smallest absolute Gasteiger partial charge is 0.225 e. The summed E-state index contributed by atoms with van der Waals surface area (Å²) in [7, 11) is 0. The number of ether oxygens (including phenoxy) is 1. The molecule has 2 heterocycles. The number of piperazine rings is 1. The van der Waals surface area contributed by atoms with Gasteiger partial charge in [-0.2, -0.15) is 0 Å². The minimum absolute atomic E-state index is 0.275. The van der Waals surface area contributed by atoms with Crippen LogP contribution in [0.25, 0.3) is 0 Å². The van der Waals surface area contributed by atoms with Crippen molar-refractivity contribution in [2.75, 3.05) is 63.9 Å². The molecule has 0 spiro atoms. The topological polar surface area (TPSA) is 77.9 Å². The summed E-state index contributed by atoms with van der Waals surface area (Å²) in [5, 5.41) is 6.80. The normalized spacial score (nSPS) is 16.9. The predicted octanol–water partition coefficient (Wildman–Crippen LogP) is 1.60. The number of hydrogen-bond acceptors (Lipinski definition) is 6. The number of nitrogens with one attached hydrogen (secondary N) is 2. The highest BCUT2D eigenvalue weighted by Crippen LogP contribution is 2.11. The van der Waals surface area contributed by atoms with Crippen molar-refractivity contribution in [2.45, 2.75) is 40.2 Å². The van der Waals surface area contributed by atoms with E-state index in [0.717, 1.165) is 77.3 Å². The summed E-state index contributed by atoms with van der Waals surface area (Å²) in [5.41, 5.74) is 0. The van der Waals surface area contributed by atoms with E-state index >= 15 is 0 Å². The third-order valence-corrected chi connectivity index (χ3v) is 5.08. The Kier molecular flexibility index (Phi) is 10.7. The third-order valence-electron chi connectivity index (χ3n) is 5.08. The van der Waals surface area contributed by atoms with E-state index in [1.165, 1.54) is 0 Å². The quantitative estimate of drug-likeness (QED) is 0.428. The van der Waals surface area contributed by atoms with E-state index in [4.69, 9.17) is 9.73 Å². The molecule has 1 aliphatic heterocycles. The molecule has 1 fully saturated rings. The Hall–Kier alpha value is -1.93. The van der Waals surface area contributed by atoms with E-state index in [2.05, 4.69) is 58.1 Å². The lowest BCUT2D eigenvalue weighted by atomic mass is 10.0. The van der Waals surface area contributed by atoms with Crippen LogP contribution >= 0.6 is 0 Å². The lowest BCUT2D eigenvalue weighted by Crippen LogP contribution is -2.49. The number of aromatic nitrogens is 2. The first-order valence-corrected chi connectivity index (χ1v) is 11.0. The van der Waals surface area contributed by atoms with Gasteiger partial charge in [-0.1, -0.05) is 13.8 Å². The number of rotatable bonds is 11. The van der Waals surface area contributed by atoms with Gasteiger partial charge in [0.05, 0.1) is 6.10 Å². The second-order valence-corrected chi connectivity index (χ2v) is 7.59. The lowest BCUT2D eigenvalue weighted by molar-refractivity contribution is 0.0266. The number of nitrogens with zero attached hydrogens (tertiary/aromatic N) is 5. The van der Waals surface area contributed by atoms with Crippen molar-refractivity contribution in [3.63, 3.8) is 0 Å². The van der Waals surface area contributed by atoms with Crippen molar-refractivity contribution in [3.8, 4) is 0 Å². The summed E-state index contributed by atoms with van der Waals surface area (Å²) in [4.78, 5) is 18.1. The first kappa shape index (κ1) is 23.3. The fraction of sp³-hybridized carbons (Fsp3) is 0.762. The molecule has 0 saturated carbocycles. The molecule has 164 valence electrons. The zero-order valence-electron chi connectivity index (χ0n) is 18.6. The summed E-state index contributed by atoms with van der Waals surface area (Å²) >= 11 is 0. The predicted molar refractivity (Wildman–Crippen MR) is 120 cm³/mol. The molecular formula is C21H39N7O. The highest BCUT2D eigenvalue weighted by molar-refractivity contribution is 5.79. The molecule has 0 radical (unpaired) electrons. The van der Waals surface area contributed by atoms with E-state index in [1.54, 1.807) is 12.4 Å². The largest absolute Gasteiger partial charge is 0.378 e. The standard InChI is InChI=1S/C21H39N7O/c1-5-22-20(23-11-8-19(18(3)4)29-6-2)24-12-13-27-14-16-28(17-15-27)21-25-9-7-10-26-21/h7,9-10,18-19H,5-6,8,11-17H2,1-4H3,(H2,22,23,24). The third kappa shape index (κ3) is 8.53.